The first kappa shape index (κ1) is 22.5. The summed E-state index contributed by atoms with van der Waals surface area (Å²) in [6.45, 7) is 2.37. The number of halogens is 6. The van der Waals surface area contributed by atoms with Gasteiger partial charge < -0.3 is 15.1 Å². The van der Waals surface area contributed by atoms with Crippen molar-refractivity contribution >= 4 is 58.0 Å². The van der Waals surface area contributed by atoms with Gasteiger partial charge in [-0.2, -0.15) is 13.2 Å². The molecule has 1 aliphatic rings. The topological polar surface area (TPSA) is 61.4 Å². The van der Waals surface area contributed by atoms with Gasteiger partial charge in [0.2, 0.25) is 0 Å². The molecule has 1 aliphatic heterocycles. The Morgan fingerprint density at radius 2 is 1.43 bits per heavy atom. The smallest absolute Gasteiger partial charge is 0.353 e. The molecule has 0 aliphatic carbocycles. The Kier molecular flexibility index (Phi) is 6.95. The van der Waals surface area contributed by atoms with Crippen molar-refractivity contribution in [3.63, 3.8) is 0 Å². The van der Waals surface area contributed by atoms with Crippen LogP contribution < -0.4 is 15.1 Å². The minimum Gasteiger partial charge on any atom is -0.353 e. The van der Waals surface area contributed by atoms with E-state index in [2.05, 4.69) is 15.3 Å². The van der Waals surface area contributed by atoms with Gasteiger partial charge in [0.1, 0.15) is 21.2 Å². The van der Waals surface area contributed by atoms with Gasteiger partial charge >= 0.3 is 6.18 Å². The van der Waals surface area contributed by atoms with Gasteiger partial charge in [-0.1, -0.05) is 34.8 Å². The van der Waals surface area contributed by atoms with E-state index in [1.807, 2.05) is 9.80 Å². The fourth-order valence-electron chi connectivity index (χ4n) is 2.82. The number of rotatable bonds is 4. The molecular formula is C18H15Cl3F3N5O. The molecule has 12 heteroatoms. The van der Waals surface area contributed by atoms with Crippen molar-refractivity contribution in [1.29, 1.82) is 0 Å². The Labute approximate surface area is 185 Å². The summed E-state index contributed by atoms with van der Waals surface area (Å²) < 4.78 is 37.7. The van der Waals surface area contributed by atoms with Crippen molar-refractivity contribution in [2.24, 2.45) is 0 Å². The van der Waals surface area contributed by atoms with Gasteiger partial charge in [-0.3, -0.25) is 4.79 Å². The third-order valence-corrected chi connectivity index (χ3v) is 5.31. The number of aromatic nitrogens is 2. The molecule has 3 rings (SSSR count). The van der Waals surface area contributed by atoms with Gasteiger partial charge in [-0.15, -0.1) is 0 Å². The third-order valence-electron chi connectivity index (χ3n) is 4.37. The molecule has 1 amide bonds. The summed E-state index contributed by atoms with van der Waals surface area (Å²) >= 11 is 16.6. The van der Waals surface area contributed by atoms with Crippen LogP contribution in [0, 0.1) is 0 Å². The predicted octanol–water partition coefficient (Wildman–Crippen LogP) is 4.65. The molecule has 0 radical (unpaired) electrons. The van der Waals surface area contributed by atoms with E-state index in [9.17, 15) is 18.0 Å². The van der Waals surface area contributed by atoms with Gasteiger partial charge in [-0.05, 0) is 24.3 Å². The lowest BCUT2D eigenvalue weighted by molar-refractivity contribution is -0.137. The number of carbonyl (C=O) groups excluding carboxylic acids is 1. The molecule has 0 atom stereocenters. The van der Waals surface area contributed by atoms with E-state index in [1.54, 1.807) is 12.1 Å². The first-order valence-electron chi connectivity index (χ1n) is 8.66. The van der Waals surface area contributed by atoms with Gasteiger partial charge in [0.25, 0.3) is 5.91 Å². The Bertz CT molecular complexity index is 924. The Morgan fingerprint density at radius 3 is 1.83 bits per heavy atom. The molecule has 160 valence electrons. The lowest BCUT2D eigenvalue weighted by Gasteiger charge is -2.36. The van der Waals surface area contributed by atoms with Crippen molar-refractivity contribution in [3.8, 4) is 0 Å². The number of nitrogens with one attached hydrogen (secondary N) is 1. The highest BCUT2D eigenvalue weighted by molar-refractivity contribution is 6.63. The monoisotopic (exact) mass is 479 g/mol. The maximum atomic E-state index is 12.7. The zero-order valence-electron chi connectivity index (χ0n) is 15.3. The van der Waals surface area contributed by atoms with E-state index in [-0.39, 0.29) is 9.52 Å². The largest absolute Gasteiger partial charge is 0.417 e. The predicted molar refractivity (Wildman–Crippen MR) is 111 cm³/mol. The molecule has 1 saturated heterocycles. The van der Waals surface area contributed by atoms with Crippen LogP contribution >= 0.6 is 34.8 Å². The van der Waals surface area contributed by atoms with Crippen molar-refractivity contribution in [2.45, 2.75) is 6.18 Å². The molecular weight excluding hydrogens is 466 g/mol. The fourth-order valence-corrected chi connectivity index (χ4v) is 3.04. The number of nitrogens with zero attached hydrogens (tertiary/aromatic N) is 4. The second kappa shape index (κ2) is 9.28. The van der Waals surface area contributed by atoms with E-state index in [1.165, 1.54) is 12.3 Å². The van der Waals surface area contributed by atoms with Crippen molar-refractivity contribution in [2.75, 3.05) is 41.3 Å². The molecule has 0 unspecified atom stereocenters. The number of alkyl halides is 3. The van der Waals surface area contributed by atoms with E-state index in [0.717, 1.165) is 12.3 Å². The van der Waals surface area contributed by atoms with Crippen LogP contribution in [-0.2, 0) is 11.0 Å². The normalized spacial score (nSPS) is 14.5. The van der Waals surface area contributed by atoms with Gasteiger partial charge in [0, 0.05) is 32.4 Å². The summed E-state index contributed by atoms with van der Waals surface area (Å²) in [4.78, 5) is 24.0. The number of hydrogen-bond donors (Lipinski definition) is 1. The maximum Gasteiger partial charge on any atom is 0.417 e. The molecule has 1 N–H and O–H groups in total. The van der Waals surface area contributed by atoms with Gasteiger partial charge in [0.05, 0.1) is 17.4 Å². The van der Waals surface area contributed by atoms with Crippen LogP contribution in [0.25, 0.3) is 0 Å². The Hall–Kier alpha value is -2.23. The second-order valence-corrected chi connectivity index (χ2v) is 7.64. The quantitative estimate of drug-likeness (QED) is 0.646. The molecule has 1 fully saturated rings. The first-order chi connectivity index (χ1) is 14.1. The van der Waals surface area contributed by atoms with Crippen LogP contribution in [-0.4, -0.2) is 42.1 Å². The van der Waals surface area contributed by atoms with Crippen LogP contribution in [0.3, 0.4) is 0 Å². The molecule has 0 saturated carbocycles. The number of hydrogen-bond acceptors (Lipinski definition) is 5. The highest BCUT2D eigenvalue weighted by Crippen LogP contribution is 2.29. The van der Waals surface area contributed by atoms with Crippen molar-refractivity contribution < 1.29 is 18.0 Å². The molecule has 0 spiro atoms. The lowest BCUT2D eigenvalue weighted by atomic mass is 10.2. The number of amides is 1. The standard InChI is InChI=1S/C18H15Cl3F3N5O/c19-15(16(20)21)17(30)27-12-2-4-14(26-10-12)29-7-5-28(6-8-29)13-3-1-11(9-25-13)18(22,23)24/h1-4,9-10H,5-8H2,(H,27,30). The van der Waals surface area contributed by atoms with E-state index >= 15 is 0 Å². The summed E-state index contributed by atoms with van der Waals surface area (Å²) in [5, 5.41) is 2.20. The SMILES string of the molecule is O=C(Nc1ccc(N2CCN(c3ccc(C(F)(F)F)cn3)CC2)nc1)C(Cl)=C(Cl)Cl. The van der Waals surface area contributed by atoms with E-state index < -0.39 is 17.6 Å². The van der Waals surface area contributed by atoms with Crippen molar-refractivity contribution in [1.82, 2.24) is 9.97 Å². The number of piperazine rings is 1. The fraction of sp³-hybridized carbons (Fsp3) is 0.278. The van der Waals surface area contributed by atoms with Crippen LogP contribution in [0.2, 0.25) is 0 Å². The molecule has 6 nitrogen and oxygen atoms in total. The summed E-state index contributed by atoms with van der Waals surface area (Å²) in [6.07, 6.45) is -2.09. The molecule has 2 aromatic heterocycles. The summed E-state index contributed by atoms with van der Waals surface area (Å²) in [5.41, 5.74) is -0.351. The summed E-state index contributed by atoms with van der Waals surface area (Å²) in [7, 11) is 0. The zero-order chi connectivity index (χ0) is 21.9. The number of carbonyl (C=O) groups is 1. The minimum absolute atomic E-state index is 0.324. The highest BCUT2D eigenvalue weighted by Gasteiger charge is 2.31. The number of pyridine rings is 2. The molecule has 0 aromatic carbocycles. The van der Waals surface area contributed by atoms with Gasteiger partial charge in [-0.25, -0.2) is 9.97 Å². The second-order valence-electron chi connectivity index (χ2n) is 6.31. The van der Waals surface area contributed by atoms with Crippen LogP contribution in [0.4, 0.5) is 30.5 Å². The molecule has 3 heterocycles. The van der Waals surface area contributed by atoms with Crippen LogP contribution in [0.1, 0.15) is 5.56 Å². The van der Waals surface area contributed by atoms with Gasteiger partial charge in [0.15, 0.2) is 0 Å². The first-order valence-corrected chi connectivity index (χ1v) is 9.80. The highest BCUT2D eigenvalue weighted by atomic mass is 35.5. The van der Waals surface area contributed by atoms with E-state index in [4.69, 9.17) is 34.8 Å². The molecule has 0 bridgehead atoms. The Morgan fingerprint density at radius 1 is 0.900 bits per heavy atom. The average Bonchev–Trinajstić information content (AvgIpc) is 2.73. The summed E-state index contributed by atoms with van der Waals surface area (Å²) in [6, 6.07) is 5.81. The van der Waals surface area contributed by atoms with Crippen LogP contribution in [0.5, 0.6) is 0 Å². The van der Waals surface area contributed by atoms with E-state index in [0.29, 0.717) is 43.5 Å². The zero-order valence-corrected chi connectivity index (χ0v) is 17.5. The summed E-state index contributed by atoms with van der Waals surface area (Å²) in [5.74, 6) is 0.547. The Balaban J connectivity index is 1.57. The van der Waals surface area contributed by atoms with Crippen LogP contribution in [0.15, 0.2) is 46.2 Å². The molecule has 30 heavy (non-hydrogen) atoms. The average molecular weight is 481 g/mol. The van der Waals surface area contributed by atoms with Crippen molar-refractivity contribution in [3.05, 3.63) is 51.7 Å². The maximum absolute atomic E-state index is 12.7. The third kappa shape index (κ3) is 5.47. The molecule has 2 aromatic rings. The number of anilines is 3. The minimum atomic E-state index is -4.40. The lowest BCUT2D eigenvalue weighted by Crippen LogP contribution is -2.47.